The number of sulfonamides is 1. The summed E-state index contributed by atoms with van der Waals surface area (Å²) in [5, 5.41) is 18.0. The van der Waals surface area contributed by atoms with E-state index in [-0.39, 0.29) is 30.3 Å². The first-order chi connectivity index (χ1) is 15.1. The molecule has 184 valence electrons. The van der Waals surface area contributed by atoms with E-state index in [1.807, 2.05) is 4.90 Å². The summed E-state index contributed by atoms with van der Waals surface area (Å²) in [6.07, 6.45) is -1.07. The molecule has 1 saturated carbocycles. The Bertz CT molecular complexity index is 776. The van der Waals surface area contributed by atoms with E-state index in [9.17, 15) is 21.6 Å². The van der Waals surface area contributed by atoms with Crippen molar-refractivity contribution in [1.82, 2.24) is 9.21 Å². The molecule has 0 heterocycles. The smallest absolute Gasteiger partial charge is 0.395 e. The van der Waals surface area contributed by atoms with Crippen molar-refractivity contribution in [3.8, 4) is 0 Å². The van der Waals surface area contributed by atoms with Crippen LogP contribution in [0.4, 0.5) is 13.2 Å². The number of nitrogens with zero attached hydrogens (tertiary/aromatic N) is 2. The summed E-state index contributed by atoms with van der Waals surface area (Å²) < 4.78 is 71.0. The Hall–Kier alpha value is -1.24. The molecule has 0 radical (unpaired) electrons. The number of benzene rings is 1. The van der Waals surface area contributed by atoms with Crippen LogP contribution < -0.4 is 0 Å². The second-order valence-electron chi connectivity index (χ2n) is 7.99. The van der Waals surface area contributed by atoms with Crippen molar-refractivity contribution >= 4 is 10.0 Å². The molecule has 32 heavy (non-hydrogen) atoms. The molecule has 0 aliphatic heterocycles. The fraction of sp³-hybridized carbons (Fsp3) is 0.714. The lowest BCUT2D eigenvalue weighted by Gasteiger charge is -2.34. The monoisotopic (exact) mass is 482 g/mol. The van der Waals surface area contributed by atoms with Crippen molar-refractivity contribution in [2.75, 3.05) is 46.5 Å². The van der Waals surface area contributed by atoms with Gasteiger partial charge < -0.3 is 14.9 Å². The second-order valence-corrected chi connectivity index (χ2v) is 9.98. The van der Waals surface area contributed by atoms with Crippen LogP contribution in [0, 0.1) is 0 Å². The van der Waals surface area contributed by atoms with Gasteiger partial charge in [0.15, 0.2) is 0 Å². The standard InChI is InChI=1S/C21H33F3N2O5S/c1-25(32(29,30)20-9-3-17(4-10-20)21(22,23)24)18-5-7-19(8-6-18)31-16-2-11-26(12-14-27)13-15-28/h3-4,9-10,18-19,27-28H,2,5-8,11-16H2,1H3/t18-,19-. The predicted molar refractivity (Wildman–Crippen MR) is 114 cm³/mol. The lowest BCUT2D eigenvalue weighted by Crippen LogP contribution is -2.40. The Morgan fingerprint density at radius 3 is 2.06 bits per heavy atom. The third-order valence-electron chi connectivity index (χ3n) is 5.82. The van der Waals surface area contributed by atoms with Gasteiger partial charge >= 0.3 is 6.18 Å². The Morgan fingerprint density at radius 2 is 1.56 bits per heavy atom. The first-order valence-corrected chi connectivity index (χ1v) is 12.2. The highest BCUT2D eigenvalue weighted by molar-refractivity contribution is 7.89. The molecule has 2 rings (SSSR count). The molecule has 1 aliphatic carbocycles. The molecule has 0 aromatic heterocycles. The third kappa shape index (κ3) is 7.67. The van der Waals surface area contributed by atoms with Crippen LogP contribution in [-0.4, -0.2) is 86.5 Å². The zero-order valence-corrected chi connectivity index (χ0v) is 19.1. The van der Waals surface area contributed by atoms with Crippen LogP contribution in [0.25, 0.3) is 0 Å². The second kappa shape index (κ2) is 12.3. The minimum Gasteiger partial charge on any atom is -0.395 e. The van der Waals surface area contributed by atoms with Crippen molar-refractivity contribution < 1.29 is 36.5 Å². The van der Waals surface area contributed by atoms with E-state index in [0.29, 0.717) is 51.9 Å². The zero-order valence-electron chi connectivity index (χ0n) is 18.3. The highest BCUT2D eigenvalue weighted by Crippen LogP contribution is 2.32. The minimum absolute atomic E-state index is 0.0355. The van der Waals surface area contributed by atoms with E-state index in [1.54, 1.807) is 0 Å². The molecule has 0 saturated heterocycles. The Morgan fingerprint density at radius 1 is 1.00 bits per heavy atom. The summed E-state index contributed by atoms with van der Waals surface area (Å²) in [5.74, 6) is 0. The maximum Gasteiger partial charge on any atom is 0.416 e. The summed E-state index contributed by atoms with van der Waals surface area (Å²) in [6, 6.07) is 3.34. The fourth-order valence-corrected chi connectivity index (χ4v) is 5.33. The number of aliphatic hydroxyl groups is 2. The van der Waals surface area contributed by atoms with Crippen LogP contribution in [-0.2, 0) is 20.9 Å². The third-order valence-corrected chi connectivity index (χ3v) is 7.75. The van der Waals surface area contributed by atoms with Crippen molar-refractivity contribution in [2.24, 2.45) is 0 Å². The van der Waals surface area contributed by atoms with E-state index in [2.05, 4.69) is 0 Å². The number of aliphatic hydroxyl groups excluding tert-OH is 2. The molecule has 11 heteroatoms. The zero-order chi connectivity index (χ0) is 23.8. The summed E-state index contributed by atoms with van der Waals surface area (Å²) in [4.78, 5) is 1.81. The average Bonchev–Trinajstić information content (AvgIpc) is 2.76. The highest BCUT2D eigenvalue weighted by Gasteiger charge is 2.34. The number of hydrogen-bond acceptors (Lipinski definition) is 6. The summed E-state index contributed by atoms with van der Waals surface area (Å²) in [5.41, 5.74) is -0.882. The summed E-state index contributed by atoms with van der Waals surface area (Å²) in [6.45, 7) is 2.34. The molecular formula is C21H33F3N2O5S. The van der Waals surface area contributed by atoms with Crippen LogP contribution in [0.3, 0.4) is 0 Å². The molecule has 1 fully saturated rings. The molecule has 1 aliphatic rings. The van der Waals surface area contributed by atoms with Gasteiger partial charge in [-0.15, -0.1) is 0 Å². The molecule has 2 N–H and O–H groups in total. The van der Waals surface area contributed by atoms with Gasteiger partial charge in [0, 0.05) is 39.3 Å². The van der Waals surface area contributed by atoms with Crippen LogP contribution >= 0.6 is 0 Å². The van der Waals surface area contributed by atoms with E-state index in [0.717, 1.165) is 30.7 Å². The molecule has 0 atom stereocenters. The SMILES string of the molecule is CN([C@H]1CC[C@H](OCCCN(CCO)CCO)CC1)S(=O)(=O)c1ccc(C(F)(F)F)cc1. The van der Waals surface area contributed by atoms with Crippen molar-refractivity contribution in [1.29, 1.82) is 0 Å². The van der Waals surface area contributed by atoms with Gasteiger partial charge in [0.1, 0.15) is 0 Å². The van der Waals surface area contributed by atoms with E-state index in [4.69, 9.17) is 14.9 Å². The van der Waals surface area contributed by atoms with E-state index >= 15 is 0 Å². The molecule has 0 amide bonds. The summed E-state index contributed by atoms with van der Waals surface area (Å²) in [7, 11) is -2.41. The quantitative estimate of drug-likeness (QED) is 0.445. The van der Waals surface area contributed by atoms with Gasteiger partial charge in [0.25, 0.3) is 0 Å². The van der Waals surface area contributed by atoms with Gasteiger partial charge in [-0.25, -0.2) is 8.42 Å². The van der Waals surface area contributed by atoms with Crippen molar-refractivity contribution in [3.05, 3.63) is 29.8 Å². The van der Waals surface area contributed by atoms with Gasteiger partial charge in [-0.2, -0.15) is 17.5 Å². The number of ether oxygens (including phenoxy) is 1. The first kappa shape index (κ1) is 27.0. The Labute approximate surface area is 187 Å². The van der Waals surface area contributed by atoms with Gasteiger partial charge in [-0.3, -0.25) is 4.90 Å². The molecule has 7 nitrogen and oxygen atoms in total. The maximum atomic E-state index is 12.8. The van der Waals surface area contributed by atoms with E-state index in [1.165, 1.54) is 11.4 Å². The number of rotatable bonds is 12. The number of hydrogen-bond donors (Lipinski definition) is 2. The Kier molecular flexibility index (Phi) is 10.4. The topological polar surface area (TPSA) is 90.3 Å². The van der Waals surface area contributed by atoms with Gasteiger partial charge in [-0.1, -0.05) is 0 Å². The van der Waals surface area contributed by atoms with E-state index < -0.39 is 21.8 Å². The highest BCUT2D eigenvalue weighted by atomic mass is 32.2. The molecule has 0 bridgehead atoms. The van der Waals surface area contributed by atoms with Crippen LogP contribution in [0.5, 0.6) is 0 Å². The molecule has 1 aromatic carbocycles. The van der Waals surface area contributed by atoms with Crippen molar-refractivity contribution in [2.45, 2.75) is 55.3 Å². The average molecular weight is 483 g/mol. The maximum absolute atomic E-state index is 12.8. The first-order valence-electron chi connectivity index (χ1n) is 10.8. The van der Waals surface area contributed by atoms with Gasteiger partial charge in [0.2, 0.25) is 10.0 Å². The molecule has 0 spiro atoms. The fourth-order valence-electron chi connectivity index (χ4n) is 3.91. The van der Waals surface area contributed by atoms with Crippen LogP contribution in [0.2, 0.25) is 0 Å². The molecule has 0 unspecified atom stereocenters. The summed E-state index contributed by atoms with van der Waals surface area (Å²) >= 11 is 0. The number of halogens is 3. The van der Waals surface area contributed by atoms with Crippen LogP contribution in [0.1, 0.15) is 37.7 Å². The largest absolute Gasteiger partial charge is 0.416 e. The van der Waals surface area contributed by atoms with Crippen molar-refractivity contribution in [3.63, 3.8) is 0 Å². The normalized spacial score (nSPS) is 20.2. The Balaban J connectivity index is 1.81. The lowest BCUT2D eigenvalue weighted by molar-refractivity contribution is -0.137. The molecular weight excluding hydrogens is 449 g/mol. The van der Waals surface area contributed by atoms with Crippen LogP contribution in [0.15, 0.2) is 29.2 Å². The van der Waals surface area contributed by atoms with Gasteiger partial charge in [-0.05, 0) is 56.4 Å². The molecule has 1 aromatic rings. The lowest BCUT2D eigenvalue weighted by atomic mass is 9.93. The number of alkyl halides is 3. The predicted octanol–water partition coefficient (Wildman–Crippen LogP) is 2.33. The minimum atomic E-state index is -4.51. The van der Waals surface area contributed by atoms with Gasteiger partial charge in [0.05, 0.1) is 29.8 Å².